The molecule has 0 fully saturated rings. The van der Waals surface area contributed by atoms with Crippen molar-refractivity contribution < 1.29 is 18.7 Å². The zero-order valence-electron chi connectivity index (χ0n) is 17.7. The Kier molecular flexibility index (Phi) is 5.50. The molecule has 2 amide bonds. The van der Waals surface area contributed by atoms with Crippen LogP contribution in [-0.4, -0.2) is 31.5 Å². The summed E-state index contributed by atoms with van der Waals surface area (Å²) in [4.78, 5) is 39.8. The first-order valence-corrected chi connectivity index (χ1v) is 10.2. The molecule has 3 aromatic rings. The molecule has 0 aliphatic carbocycles. The van der Waals surface area contributed by atoms with Gasteiger partial charge in [0.2, 0.25) is 5.91 Å². The number of hydrogen-bond acceptors (Lipinski definition) is 5. The fourth-order valence-electron chi connectivity index (χ4n) is 4.01. The highest BCUT2D eigenvalue weighted by atomic mass is 16.5. The predicted octanol–water partition coefficient (Wildman–Crippen LogP) is 3.21. The van der Waals surface area contributed by atoms with Crippen LogP contribution >= 0.6 is 0 Å². The summed E-state index contributed by atoms with van der Waals surface area (Å²) >= 11 is 0. The SMILES string of the molecule is COc1ccc2c(C)c(CCC(=O)N3CC(C)NC(=O)c4ccccc43)c(=O)oc2c1. The van der Waals surface area contributed by atoms with Crippen molar-refractivity contribution in [2.75, 3.05) is 18.6 Å². The minimum Gasteiger partial charge on any atom is -0.497 e. The standard InChI is InChI=1S/C24H24N2O5/c1-14-13-26(20-7-5-4-6-19(20)23(28)25-14)22(27)11-10-18-15(2)17-9-8-16(30-3)12-21(17)31-24(18)29/h4-9,12,14H,10-11,13H2,1-3H3,(H,25,28). The molecule has 1 atom stereocenters. The fourth-order valence-corrected chi connectivity index (χ4v) is 4.01. The molecule has 0 saturated heterocycles. The Morgan fingerprint density at radius 1 is 1.23 bits per heavy atom. The third-order valence-corrected chi connectivity index (χ3v) is 5.66. The maximum Gasteiger partial charge on any atom is 0.339 e. The van der Waals surface area contributed by atoms with Crippen LogP contribution in [0, 0.1) is 6.92 Å². The maximum absolute atomic E-state index is 13.1. The molecule has 0 radical (unpaired) electrons. The van der Waals surface area contributed by atoms with Gasteiger partial charge in [0.1, 0.15) is 11.3 Å². The number of nitrogens with one attached hydrogen (secondary N) is 1. The van der Waals surface area contributed by atoms with Gasteiger partial charge in [0.25, 0.3) is 5.91 Å². The monoisotopic (exact) mass is 420 g/mol. The number of anilines is 1. The van der Waals surface area contributed by atoms with Crippen LogP contribution in [0.3, 0.4) is 0 Å². The molecule has 1 aliphatic heterocycles. The molecule has 0 spiro atoms. The maximum atomic E-state index is 13.1. The van der Waals surface area contributed by atoms with E-state index >= 15 is 0 Å². The van der Waals surface area contributed by atoms with E-state index in [9.17, 15) is 14.4 Å². The van der Waals surface area contributed by atoms with Crippen molar-refractivity contribution in [2.24, 2.45) is 0 Å². The Hall–Kier alpha value is -3.61. The largest absolute Gasteiger partial charge is 0.497 e. The molecule has 0 bridgehead atoms. The molecule has 7 heteroatoms. The molecular weight excluding hydrogens is 396 g/mol. The van der Waals surface area contributed by atoms with Gasteiger partial charge in [-0.1, -0.05) is 12.1 Å². The zero-order chi connectivity index (χ0) is 22.1. The molecule has 7 nitrogen and oxygen atoms in total. The smallest absolute Gasteiger partial charge is 0.339 e. The van der Waals surface area contributed by atoms with Crippen molar-refractivity contribution in [1.29, 1.82) is 0 Å². The number of amides is 2. The van der Waals surface area contributed by atoms with Crippen LogP contribution in [0.1, 0.15) is 34.8 Å². The lowest BCUT2D eigenvalue weighted by molar-refractivity contribution is -0.118. The first-order valence-electron chi connectivity index (χ1n) is 10.2. The summed E-state index contributed by atoms with van der Waals surface area (Å²) in [7, 11) is 1.55. The van der Waals surface area contributed by atoms with Gasteiger partial charge in [-0.25, -0.2) is 4.79 Å². The van der Waals surface area contributed by atoms with Gasteiger partial charge in [0.15, 0.2) is 0 Å². The van der Waals surface area contributed by atoms with Gasteiger partial charge in [0, 0.05) is 36.0 Å². The number of carbonyl (C=O) groups excluding carboxylic acids is 2. The van der Waals surface area contributed by atoms with Gasteiger partial charge in [0.05, 0.1) is 18.4 Å². The van der Waals surface area contributed by atoms with Gasteiger partial charge in [-0.05, 0) is 50.1 Å². The van der Waals surface area contributed by atoms with Crippen molar-refractivity contribution >= 4 is 28.5 Å². The third-order valence-electron chi connectivity index (χ3n) is 5.66. The molecule has 4 rings (SSSR count). The Balaban J connectivity index is 1.61. The Labute approximate surface area is 179 Å². The van der Waals surface area contributed by atoms with E-state index in [1.165, 1.54) is 0 Å². The first-order chi connectivity index (χ1) is 14.9. The number of fused-ring (bicyclic) bond motifs is 2. The predicted molar refractivity (Wildman–Crippen MR) is 118 cm³/mol. The first kappa shape index (κ1) is 20.7. The highest BCUT2D eigenvalue weighted by Gasteiger charge is 2.28. The molecular formula is C24H24N2O5. The number of nitrogens with zero attached hydrogens (tertiary/aromatic N) is 1. The molecule has 2 heterocycles. The molecule has 31 heavy (non-hydrogen) atoms. The van der Waals surface area contributed by atoms with Crippen LogP contribution in [0.2, 0.25) is 0 Å². The minimum atomic E-state index is -0.451. The van der Waals surface area contributed by atoms with E-state index < -0.39 is 5.63 Å². The highest BCUT2D eigenvalue weighted by molar-refractivity contribution is 6.06. The van der Waals surface area contributed by atoms with E-state index in [0.29, 0.717) is 34.7 Å². The number of carbonyl (C=O) groups is 2. The lowest BCUT2D eigenvalue weighted by atomic mass is 10.0. The number of rotatable bonds is 4. The van der Waals surface area contributed by atoms with E-state index in [1.807, 2.05) is 26.0 Å². The molecule has 1 N–H and O–H groups in total. The summed E-state index contributed by atoms with van der Waals surface area (Å²) in [5, 5.41) is 3.71. The van der Waals surface area contributed by atoms with Crippen molar-refractivity contribution in [3.8, 4) is 5.75 Å². The van der Waals surface area contributed by atoms with Crippen LogP contribution < -0.4 is 20.6 Å². The number of methoxy groups -OCH3 is 1. The lowest BCUT2D eigenvalue weighted by Crippen LogP contribution is -2.41. The van der Waals surface area contributed by atoms with Crippen molar-refractivity contribution in [2.45, 2.75) is 32.7 Å². The number of para-hydroxylation sites is 1. The van der Waals surface area contributed by atoms with Crippen LogP contribution in [0.5, 0.6) is 5.75 Å². The van der Waals surface area contributed by atoms with Crippen molar-refractivity contribution in [3.63, 3.8) is 0 Å². The van der Waals surface area contributed by atoms with E-state index in [1.54, 1.807) is 42.3 Å². The quantitative estimate of drug-likeness (QED) is 0.655. The second-order valence-corrected chi connectivity index (χ2v) is 7.75. The summed E-state index contributed by atoms with van der Waals surface area (Å²) in [6, 6.07) is 12.2. The number of aryl methyl sites for hydroxylation is 1. The van der Waals surface area contributed by atoms with Gasteiger partial charge in [-0.15, -0.1) is 0 Å². The number of benzene rings is 2. The van der Waals surface area contributed by atoms with E-state index in [-0.39, 0.29) is 30.7 Å². The van der Waals surface area contributed by atoms with Gasteiger partial charge in [-0.3, -0.25) is 9.59 Å². The van der Waals surface area contributed by atoms with E-state index in [2.05, 4.69) is 5.32 Å². The second-order valence-electron chi connectivity index (χ2n) is 7.75. The molecule has 160 valence electrons. The third kappa shape index (κ3) is 3.91. The Morgan fingerprint density at radius 3 is 2.77 bits per heavy atom. The fraction of sp³-hybridized carbons (Fsp3) is 0.292. The van der Waals surface area contributed by atoms with E-state index in [0.717, 1.165) is 10.9 Å². The lowest BCUT2D eigenvalue weighted by Gasteiger charge is -2.24. The second kappa shape index (κ2) is 8.26. The Morgan fingerprint density at radius 2 is 2.00 bits per heavy atom. The van der Waals surface area contributed by atoms with Crippen LogP contribution in [0.15, 0.2) is 51.7 Å². The van der Waals surface area contributed by atoms with Crippen LogP contribution in [0.25, 0.3) is 11.0 Å². The Bertz CT molecular complexity index is 1230. The highest BCUT2D eigenvalue weighted by Crippen LogP contribution is 2.26. The molecule has 1 unspecified atom stereocenters. The topological polar surface area (TPSA) is 88.9 Å². The number of ether oxygens (including phenoxy) is 1. The summed E-state index contributed by atoms with van der Waals surface area (Å²) < 4.78 is 10.7. The normalized spacial score (nSPS) is 15.9. The van der Waals surface area contributed by atoms with Gasteiger partial charge >= 0.3 is 5.63 Å². The van der Waals surface area contributed by atoms with Crippen LogP contribution in [-0.2, 0) is 11.2 Å². The molecule has 0 saturated carbocycles. The average Bonchev–Trinajstić information content (AvgIpc) is 2.89. The average molecular weight is 420 g/mol. The minimum absolute atomic E-state index is 0.127. The van der Waals surface area contributed by atoms with Crippen molar-refractivity contribution in [1.82, 2.24) is 5.32 Å². The van der Waals surface area contributed by atoms with Crippen LogP contribution in [0.4, 0.5) is 5.69 Å². The summed E-state index contributed by atoms with van der Waals surface area (Å²) in [6.45, 7) is 4.09. The summed E-state index contributed by atoms with van der Waals surface area (Å²) in [6.07, 6.45) is 0.381. The number of hydrogen-bond donors (Lipinski definition) is 1. The zero-order valence-corrected chi connectivity index (χ0v) is 17.7. The molecule has 1 aromatic heterocycles. The van der Waals surface area contributed by atoms with E-state index in [4.69, 9.17) is 9.15 Å². The van der Waals surface area contributed by atoms with Gasteiger partial charge < -0.3 is 19.4 Å². The summed E-state index contributed by atoms with van der Waals surface area (Å²) in [5.41, 5.74) is 2.34. The van der Waals surface area contributed by atoms with Gasteiger partial charge in [-0.2, -0.15) is 0 Å². The summed E-state index contributed by atoms with van der Waals surface area (Å²) in [5.74, 6) is 0.263. The molecule has 1 aliphatic rings. The molecule has 2 aromatic carbocycles. The van der Waals surface area contributed by atoms with Crippen molar-refractivity contribution in [3.05, 3.63) is 69.6 Å².